The van der Waals surface area contributed by atoms with Gasteiger partial charge in [-0.2, -0.15) is 0 Å². The maximum absolute atomic E-state index is 11.8. The van der Waals surface area contributed by atoms with Gasteiger partial charge in [-0.3, -0.25) is 4.79 Å². The van der Waals surface area contributed by atoms with Crippen LogP contribution in [0.2, 0.25) is 0 Å². The molecule has 0 fully saturated rings. The molecule has 1 unspecified atom stereocenters. The zero-order valence-electron chi connectivity index (χ0n) is 9.15. The Kier molecular flexibility index (Phi) is 2.76. The molecule has 84 valence electrons. The Balaban J connectivity index is 2.06. The summed E-state index contributed by atoms with van der Waals surface area (Å²) in [5, 5.41) is 2.83. The Labute approximate surface area is 92.9 Å². The van der Waals surface area contributed by atoms with Crippen LogP contribution < -0.4 is 5.32 Å². The third-order valence-corrected chi connectivity index (χ3v) is 2.38. The molecule has 0 aliphatic rings. The number of aromatic nitrogens is 2. The van der Waals surface area contributed by atoms with E-state index in [0.29, 0.717) is 11.3 Å². The zero-order valence-corrected chi connectivity index (χ0v) is 9.15. The molecule has 0 bridgehead atoms. The molecule has 2 N–H and O–H groups in total. The number of hydrogen-bond donors (Lipinski definition) is 2. The molecule has 2 rings (SSSR count). The fourth-order valence-corrected chi connectivity index (χ4v) is 1.48. The van der Waals surface area contributed by atoms with Crippen molar-refractivity contribution < 1.29 is 9.21 Å². The number of aromatic amines is 1. The van der Waals surface area contributed by atoms with Gasteiger partial charge < -0.3 is 14.7 Å². The second-order valence-corrected chi connectivity index (χ2v) is 3.56. The van der Waals surface area contributed by atoms with Crippen LogP contribution in [0.3, 0.4) is 0 Å². The average molecular weight is 219 g/mol. The summed E-state index contributed by atoms with van der Waals surface area (Å²) in [5.74, 6) is 1.19. The number of aryl methyl sites for hydroxylation is 1. The van der Waals surface area contributed by atoms with Gasteiger partial charge in [0.15, 0.2) is 0 Å². The van der Waals surface area contributed by atoms with E-state index in [9.17, 15) is 4.79 Å². The monoisotopic (exact) mass is 219 g/mol. The Hall–Kier alpha value is -2.04. The third kappa shape index (κ3) is 1.98. The van der Waals surface area contributed by atoms with Gasteiger partial charge in [0.05, 0.1) is 17.9 Å². The van der Waals surface area contributed by atoms with Crippen molar-refractivity contribution in [3.05, 3.63) is 41.9 Å². The first-order valence-electron chi connectivity index (χ1n) is 5.02. The van der Waals surface area contributed by atoms with Crippen molar-refractivity contribution in [2.45, 2.75) is 19.9 Å². The van der Waals surface area contributed by atoms with Gasteiger partial charge in [0.25, 0.3) is 5.91 Å². The first-order valence-corrected chi connectivity index (χ1v) is 5.02. The van der Waals surface area contributed by atoms with Crippen LogP contribution in [-0.2, 0) is 0 Å². The van der Waals surface area contributed by atoms with Crippen molar-refractivity contribution in [2.24, 2.45) is 0 Å². The third-order valence-electron chi connectivity index (χ3n) is 2.38. The van der Waals surface area contributed by atoms with E-state index in [-0.39, 0.29) is 11.9 Å². The van der Waals surface area contributed by atoms with Gasteiger partial charge in [-0.1, -0.05) is 0 Å². The van der Waals surface area contributed by atoms with E-state index >= 15 is 0 Å². The highest BCUT2D eigenvalue weighted by molar-refractivity contribution is 5.95. The van der Waals surface area contributed by atoms with Crippen LogP contribution in [0.4, 0.5) is 0 Å². The molecule has 2 heterocycles. The summed E-state index contributed by atoms with van der Waals surface area (Å²) in [6.07, 6.45) is 4.88. The summed E-state index contributed by atoms with van der Waals surface area (Å²) in [5.41, 5.74) is 0.554. The standard InChI is InChI=1S/C11H13N3O2/c1-7(10-12-4-5-13-10)14-11(15)9-3-6-16-8(9)2/h3-7H,1-2H3,(H,12,13)(H,14,15). The van der Waals surface area contributed by atoms with Gasteiger partial charge in [0.2, 0.25) is 0 Å². The lowest BCUT2D eigenvalue weighted by Crippen LogP contribution is -2.27. The van der Waals surface area contributed by atoms with Crippen molar-refractivity contribution in [2.75, 3.05) is 0 Å². The van der Waals surface area contributed by atoms with E-state index in [4.69, 9.17) is 4.42 Å². The summed E-state index contributed by atoms with van der Waals surface area (Å²) in [6, 6.07) is 1.50. The Morgan fingerprint density at radius 2 is 2.44 bits per heavy atom. The number of amides is 1. The lowest BCUT2D eigenvalue weighted by molar-refractivity contribution is 0.0937. The highest BCUT2D eigenvalue weighted by atomic mass is 16.3. The highest BCUT2D eigenvalue weighted by Crippen LogP contribution is 2.11. The molecule has 1 amide bonds. The van der Waals surface area contributed by atoms with Gasteiger partial charge in [0, 0.05) is 12.4 Å². The summed E-state index contributed by atoms with van der Waals surface area (Å²) < 4.78 is 5.07. The lowest BCUT2D eigenvalue weighted by atomic mass is 10.2. The molecule has 5 heteroatoms. The van der Waals surface area contributed by atoms with Crippen LogP contribution in [0.25, 0.3) is 0 Å². The Bertz CT molecular complexity index is 473. The zero-order chi connectivity index (χ0) is 11.5. The predicted molar refractivity (Wildman–Crippen MR) is 57.9 cm³/mol. The number of carbonyl (C=O) groups excluding carboxylic acids is 1. The molecule has 0 saturated heterocycles. The highest BCUT2D eigenvalue weighted by Gasteiger charge is 2.15. The van der Waals surface area contributed by atoms with Crippen molar-refractivity contribution in [1.29, 1.82) is 0 Å². The van der Waals surface area contributed by atoms with Gasteiger partial charge in [0.1, 0.15) is 11.6 Å². The maximum atomic E-state index is 11.8. The molecule has 0 saturated carbocycles. The fourth-order valence-electron chi connectivity index (χ4n) is 1.48. The predicted octanol–water partition coefficient (Wildman–Crippen LogP) is 1.80. The Morgan fingerprint density at radius 1 is 1.62 bits per heavy atom. The van der Waals surface area contributed by atoms with Crippen LogP contribution >= 0.6 is 0 Å². The quantitative estimate of drug-likeness (QED) is 0.826. The molecular weight excluding hydrogens is 206 g/mol. The van der Waals surface area contributed by atoms with Gasteiger partial charge in [-0.15, -0.1) is 0 Å². The molecule has 2 aromatic rings. The summed E-state index contributed by atoms with van der Waals surface area (Å²) in [7, 11) is 0. The van der Waals surface area contributed by atoms with E-state index < -0.39 is 0 Å². The molecule has 0 aromatic carbocycles. The summed E-state index contributed by atoms with van der Waals surface area (Å²) >= 11 is 0. The largest absolute Gasteiger partial charge is 0.469 e. The second-order valence-electron chi connectivity index (χ2n) is 3.56. The van der Waals surface area contributed by atoms with Gasteiger partial charge >= 0.3 is 0 Å². The molecule has 2 aromatic heterocycles. The van der Waals surface area contributed by atoms with E-state index in [2.05, 4.69) is 15.3 Å². The van der Waals surface area contributed by atoms with Crippen molar-refractivity contribution in [3.8, 4) is 0 Å². The fraction of sp³-hybridized carbons (Fsp3) is 0.273. The smallest absolute Gasteiger partial charge is 0.255 e. The first kappa shape index (κ1) is 10.5. The molecule has 16 heavy (non-hydrogen) atoms. The average Bonchev–Trinajstić information content (AvgIpc) is 2.86. The molecule has 5 nitrogen and oxygen atoms in total. The number of furan rings is 1. The molecule has 1 atom stereocenters. The van der Waals surface area contributed by atoms with Crippen molar-refractivity contribution in [1.82, 2.24) is 15.3 Å². The van der Waals surface area contributed by atoms with Crippen molar-refractivity contribution in [3.63, 3.8) is 0 Å². The normalized spacial score (nSPS) is 12.4. The maximum Gasteiger partial charge on any atom is 0.255 e. The lowest BCUT2D eigenvalue weighted by Gasteiger charge is -2.10. The van der Waals surface area contributed by atoms with Crippen LogP contribution in [0.15, 0.2) is 29.1 Å². The molecule has 0 aliphatic carbocycles. The number of carbonyl (C=O) groups is 1. The molecule has 0 spiro atoms. The van der Waals surface area contributed by atoms with Crippen LogP contribution in [-0.4, -0.2) is 15.9 Å². The summed E-state index contributed by atoms with van der Waals surface area (Å²) in [4.78, 5) is 18.9. The van der Waals surface area contributed by atoms with Gasteiger partial charge in [-0.25, -0.2) is 4.98 Å². The van der Waals surface area contributed by atoms with E-state index in [1.807, 2.05) is 6.92 Å². The first-order chi connectivity index (χ1) is 7.68. The number of nitrogens with one attached hydrogen (secondary N) is 2. The van der Waals surface area contributed by atoms with E-state index in [0.717, 1.165) is 5.82 Å². The SMILES string of the molecule is Cc1occc1C(=O)NC(C)c1ncc[nH]1. The number of rotatable bonds is 3. The molecular formula is C11H13N3O2. The Morgan fingerprint density at radius 3 is 3.00 bits per heavy atom. The number of nitrogens with zero attached hydrogens (tertiary/aromatic N) is 1. The minimum absolute atomic E-state index is 0.156. The molecule has 0 aliphatic heterocycles. The number of imidazole rings is 1. The second kappa shape index (κ2) is 4.22. The van der Waals surface area contributed by atoms with E-state index in [1.165, 1.54) is 6.26 Å². The van der Waals surface area contributed by atoms with Crippen LogP contribution in [0.1, 0.15) is 34.9 Å². The van der Waals surface area contributed by atoms with Gasteiger partial charge in [-0.05, 0) is 19.9 Å². The van der Waals surface area contributed by atoms with Crippen LogP contribution in [0, 0.1) is 6.92 Å². The minimum atomic E-state index is -0.157. The number of hydrogen-bond acceptors (Lipinski definition) is 3. The van der Waals surface area contributed by atoms with E-state index in [1.54, 1.807) is 25.4 Å². The minimum Gasteiger partial charge on any atom is -0.469 e. The molecule has 0 radical (unpaired) electrons. The topological polar surface area (TPSA) is 70.9 Å². The van der Waals surface area contributed by atoms with Crippen molar-refractivity contribution >= 4 is 5.91 Å². The number of H-pyrrole nitrogens is 1. The summed E-state index contributed by atoms with van der Waals surface area (Å²) in [6.45, 7) is 3.62. The van der Waals surface area contributed by atoms with Crippen LogP contribution in [0.5, 0.6) is 0 Å².